The molecular weight excluding hydrogens is 362 g/mol. The number of aromatic nitrogens is 1. The Morgan fingerprint density at radius 2 is 2.03 bits per heavy atom. The summed E-state index contributed by atoms with van der Waals surface area (Å²) in [4.78, 5) is 26.6. The molecule has 2 aromatic rings. The van der Waals surface area contributed by atoms with Crippen LogP contribution in [-0.2, 0) is 11.3 Å². The van der Waals surface area contributed by atoms with Gasteiger partial charge in [-0.15, -0.1) is 0 Å². The van der Waals surface area contributed by atoms with Gasteiger partial charge in [0.25, 0.3) is 0 Å². The SMILES string of the molecule is Cc1cc(CN2CCN(c3ccccn3)CC2)cc2c1C1=NCCCC1C(=O)N2. The minimum absolute atomic E-state index is 0.0690. The van der Waals surface area contributed by atoms with Crippen molar-refractivity contribution in [2.75, 3.05) is 42.9 Å². The van der Waals surface area contributed by atoms with Gasteiger partial charge in [0.05, 0.1) is 17.3 Å². The quantitative estimate of drug-likeness (QED) is 0.877. The van der Waals surface area contributed by atoms with Gasteiger partial charge in [0.2, 0.25) is 5.91 Å². The first-order valence-electron chi connectivity index (χ1n) is 10.6. The van der Waals surface area contributed by atoms with Crippen molar-refractivity contribution in [1.82, 2.24) is 9.88 Å². The molecule has 0 aliphatic carbocycles. The highest BCUT2D eigenvalue weighted by Gasteiger charge is 2.34. The first kappa shape index (κ1) is 18.3. The Balaban J connectivity index is 1.31. The first-order chi connectivity index (χ1) is 14.2. The van der Waals surface area contributed by atoms with Crippen LogP contribution in [0.4, 0.5) is 11.5 Å². The molecule has 1 amide bonds. The molecule has 4 heterocycles. The molecule has 5 rings (SSSR count). The van der Waals surface area contributed by atoms with E-state index in [9.17, 15) is 4.79 Å². The molecule has 1 atom stereocenters. The topological polar surface area (TPSA) is 60.8 Å². The fourth-order valence-corrected chi connectivity index (χ4v) is 4.80. The van der Waals surface area contributed by atoms with Gasteiger partial charge < -0.3 is 10.2 Å². The normalized spacial score (nSPS) is 21.8. The van der Waals surface area contributed by atoms with Crippen molar-refractivity contribution >= 4 is 23.1 Å². The Kier molecular flexibility index (Phi) is 4.79. The summed E-state index contributed by atoms with van der Waals surface area (Å²) in [5.74, 6) is 1.10. The van der Waals surface area contributed by atoms with Gasteiger partial charge >= 0.3 is 0 Å². The van der Waals surface area contributed by atoms with Crippen LogP contribution in [0.1, 0.15) is 29.5 Å². The van der Waals surface area contributed by atoms with E-state index in [-0.39, 0.29) is 11.8 Å². The Morgan fingerprint density at radius 3 is 2.83 bits per heavy atom. The van der Waals surface area contributed by atoms with Crippen LogP contribution in [0.2, 0.25) is 0 Å². The number of aryl methyl sites for hydroxylation is 1. The summed E-state index contributed by atoms with van der Waals surface area (Å²) < 4.78 is 0. The number of hydrogen-bond acceptors (Lipinski definition) is 5. The lowest BCUT2D eigenvalue weighted by atomic mass is 9.83. The number of carbonyl (C=O) groups is 1. The number of amides is 1. The molecule has 3 aliphatic rings. The maximum atomic E-state index is 12.6. The van der Waals surface area contributed by atoms with Crippen LogP contribution in [0.25, 0.3) is 0 Å². The van der Waals surface area contributed by atoms with Crippen LogP contribution >= 0.6 is 0 Å². The number of nitrogens with zero attached hydrogens (tertiary/aromatic N) is 4. The highest BCUT2D eigenvalue weighted by Crippen LogP contribution is 2.34. The van der Waals surface area contributed by atoms with E-state index in [1.54, 1.807) is 0 Å². The van der Waals surface area contributed by atoms with E-state index in [0.29, 0.717) is 0 Å². The van der Waals surface area contributed by atoms with Gasteiger partial charge in [-0.2, -0.15) is 0 Å². The Hall–Kier alpha value is -2.73. The predicted molar refractivity (Wildman–Crippen MR) is 116 cm³/mol. The lowest BCUT2D eigenvalue weighted by Gasteiger charge is -2.36. The highest BCUT2D eigenvalue weighted by molar-refractivity contribution is 6.23. The highest BCUT2D eigenvalue weighted by atomic mass is 16.2. The first-order valence-corrected chi connectivity index (χ1v) is 10.6. The van der Waals surface area contributed by atoms with Crippen LogP contribution in [-0.4, -0.2) is 54.2 Å². The lowest BCUT2D eigenvalue weighted by molar-refractivity contribution is -0.118. The van der Waals surface area contributed by atoms with E-state index in [2.05, 4.69) is 45.2 Å². The average Bonchev–Trinajstić information content (AvgIpc) is 2.75. The second kappa shape index (κ2) is 7.59. The van der Waals surface area contributed by atoms with E-state index < -0.39 is 0 Å². The molecule has 0 saturated carbocycles. The molecule has 0 bridgehead atoms. The van der Waals surface area contributed by atoms with Crippen molar-refractivity contribution in [1.29, 1.82) is 0 Å². The van der Waals surface area contributed by atoms with Crippen molar-refractivity contribution in [3.63, 3.8) is 0 Å². The molecule has 1 aromatic carbocycles. The summed E-state index contributed by atoms with van der Waals surface area (Å²) in [5, 5.41) is 3.15. The van der Waals surface area contributed by atoms with Crippen LogP contribution in [0.3, 0.4) is 0 Å². The molecule has 1 aromatic heterocycles. The van der Waals surface area contributed by atoms with E-state index >= 15 is 0 Å². The molecule has 6 heteroatoms. The third-order valence-electron chi connectivity index (χ3n) is 6.24. The molecule has 0 radical (unpaired) electrons. The molecule has 29 heavy (non-hydrogen) atoms. The van der Waals surface area contributed by atoms with Crippen molar-refractivity contribution in [2.45, 2.75) is 26.3 Å². The molecule has 150 valence electrons. The monoisotopic (exact) mass is 389 g/mol. The maximum absolute atomic E-state index is 12.6. The zero-order valence-corrected chi connectivity index (χ0v) is 16.9. The number of anilines is 2. The van der Waals surface area contributed by atoms with Gasteiger partial charge in [-0.25, -0.2) is 4.98 Å². The zero-order chi connectivity index (χ0) is 19.8. The number of benzene rings is 1. The van der Waals surface area contributed by atoms with Crippen molar-refractivity contribution < 1.29 is 4.79 Å². The summed E-state index contributed by atoms with van der Waals surface area (Å²) in [6.45, 7) is 7.86. The van der Waals surface area contributed by atoms with Crippen molar-refractivity contribution in [2.24, 2.45) is 10.9 Å². The number of aliphatic imine (C=N–C) groups is 1. The summed E-state index contributed by atoms with van der Waals surface area (Å²) in [5.41, 5.74) is 5.56. The fourth-order valence-electron chi connectivity index (χ4n) is 4.80. The Labute approximate surface area is 171 Å². The van der Waals surface area contributed by atoms with Gasteiger partial charge in [0.1, 0.15) is 5.82 Å². The molecule has 6 nitrogen and oxygen atoms in total. The van der Waals surface area contributed by atoms with Crippen LogP contribution in [0, 0.1) is 12.8 Å². The van der Waals surface area contributed by atoms with Crippen molar-refractivity contribution in [3.05, 3.63) is 53.2 Å². The Bertz CT molecular complexity index is 947. The summed E-state index contributed by atoms with van der Waals surface area (Å²) in [6.07, 6.45) is 3.76. The van der Waals surface area contributed by atoms with Gasteiger partial charge in [0.15, 0.2) is 0 Å². The summed E-state index contributed by atoms with van der Waals surface area (Å²) in [6, 6.07) is 10.5. The zero-order valence-electron chi connectivity index (χ0n) is 16.9. The number of nitrogens with one attached hydrogen (secondary N) is 1. The van der Waals surface area contributed by atoms with Crippen LogP contribution in [0.5, 0.6) is 0 Å². The summed E-state index contributed by atoms with van der Waals surface area (Å²) in [7, 11) is 0. The third-order valence-corrected chi connectivity index (χ3v) is 6.24. The number of rotatable bonds is 3. The molecule has 1 unspecified atom stereocenters. The van der Waals surface area contributed by atoms with Crippen LogP contribution in [0.15, 0.2) is 41.5 Å². The number of carbonyl (C=O) groups excluding carboxylic acids is 1. The van der Waals surface area contributed by atoms with E-state index in [4.69, 9.17) is 4.99 Å². The lowest BCUT2D eigenvalue weighted by Crippen LogP contribution is -2.46. The predicted octanol–water partition coefficient (Wildman–Crippen LogP) is 2.86. The molecular formula is C23H27N5O. The van der Waals surface area contributed by atoms with Gasteiger partial charge in [-0.1, -0.05) is 12.1 Å². The van der Waals surface area contributed by atoms with Gasteiger partial charge in [0, 0.05) is 51.0 Å². The average molecular weight is 390 g/mol. The smallest absolute Gasteiger partial charge is 0.233 e. The van der Waals surface area contributed by atoms with Crippen LogP contribution < -0.4 is 10.2 Å². The Morgan fingerprint density at radius 1 is 1.17 bits per heavy atom. The second-order valence-corrected chi connectivity index (χ2v) is 8.24. The number of hydrogen-bond donors (Lipinski definition) is 1. The number of pyridine rings is 1. The molecule has 1 saturated heterocycles. The van der Waals surface area contributed by atoms with E-state index in [1.807, 2.05) is 18.3 Å². The summed E-state index contributed by atoms with van der Waals surface area (Å²) >= 11 is 0. The second-order valence-electron chi connectivity index (χ2n) is 8.24. The molecule has 3 aliphatic heterocycles. The number of piperazine rings is 1. The van der Waals surface area contributed by atoms with Gasteiger partial charge in [-0.3, -0.25) is 14.7 Å². The third kappa shape index (κ3) is 3.53. The van der Waals surface area contributed by atoms with Crippen molar-refractivity contribution in [3.8, 4) is 0 Å². The fraction of sp³-hybridized carbons (Fsp3) is 0.435. The minimum atomic E-state index is -0.0690. The van der Waals surface area contributed by atoms with Gasteiger partial charge in [-0.05, 0) is 49.1 Å². The largest absolute Gasteiger partial charge is 0.354 e. The van der Waals surface area contributed by atoms with E-state index in [1.165, 1.54) is 11.1 Å². The molecule has 0 spiro atoms. The van der Waals surface area contributed by atoms with E-state index in [0.717, 1.165) is 74.9 Å². The molecule has 1 N–H and O–H groups in total. The minimum Gasteiger partial charge on any atom is -0.354 e. The standard InChI is InChI=1S/C23H27N5O/c1-16-13-17(14-19-21(16)22-18(23(29)26-19)5-4-8-25-22)15-27-9-11-28(12-10-27)20-6-2-3-7-24-20/h2-3,6-7,13-14,18H,4-5,8-12,15H2,1H3,(H,26,29). The maximum Gasteiger partial charge on any atom is 0.233 e. The number of fused-ring (bicyclic) bond motifs is 3. The molecule has 1 fully saturated rings.